The summed E-state index contributed by atoms with van der Waals surface area (Å²) < 4.78 is 0. The molecule has 2 N–H and O–H groups in total. The Hall–Kier alpha value is -0.900. The first-order chi connectivity index (χ1) is 8.00. The molecule has 96 valence electrons. The van der Waals surface area contributed by atoms with Crippen LogP contribution >= 0.6 is 0 Å². The van der Waals surface area contributed by atoms with Crippen LogP contribution < -0.4 is 5.73 Å². The number of imide groups is 1. The van der Waals surface area contributed by atoms with E-state index in [2.05, 4.69) is 0 Å². The predicted octanol–water partition coefficient (Wildman–Crippen LogP) is 1.29. The Labute approximate surface area is 103 Å². The van der Waals surface area contributed by atoms with Crippen LogP contribution in [0, 0.1) is 11.8 Å². The van der Waals surface area contributed by atoms with Crippen LogP contribution in [-0.2, 0) is 9.59 Å². The minimum atomic E-state index is -0.415. The highest BCUT2D eigenvalue weighted by molar-refractivity contribution is 6.01. The smallest absolute Gasteiger partial charge is 0.232 e. The molecule has 2 fully saturated rings. The van der Waals surface area contributed by atoms with Gasteiger partial charge in [-0.2, -0.15) is 0 Å². The van der Waals surface area contributed by atoms with E-state index in [1.54, 1.807) is 0 Å². The van der Waals surface area contributed by atoms with Crippen molar-refractivity contribution in [3.63, 3.8) is 0 Å². The van der Waals surface area contributed by atoms with E-state index in [1.807, 2.05) is 13.8 Å². The lowest BCUT2D eigenvalue weighted by molar-refractivity contribution is -0.153. The molecule has 1 heterocycles. The first-order valence-electron chi connectivity index (χ1n) is 6.65. The molecule has 1 aliphatic carbocycles. The number of rotatable bonds is 4. The van der Waals surface area contributed by atoms with E-state index in [0.717, 1.165) is 32.1 Å². The summed E-state index contributed by atoms with van der Waals surface area (Å²) >= 11 is 0. The van der Waals surface area contributed by atoms with Crippen molar-refractivity contribution >= 4 is 11.8 Å². The van der Waals surface area contributed by atoms with Crippen molar-refractivity contribution in [1.29, 1.82) is 0 Å². The van der Waals surface area contributed by atoms with Gasteiger partial charge in [0.15, 0.2) is 0 Å². The first kappa shape index (κ1) is 12.6. The molecule has 1 aliphatic heterocycles. The fourth-order valence-electron chi connectivity index (χ4n) is 2.92. The van der Waals surface area contributed by atoms with Crippen LogP contribution in [-0.4, -0.2) is 28.8 Å². The second-order valence-electron chi connectivity index (χ2n) is 5.54. The van der Waals surface area contributed by atoms with E-state index in [1.165, 1.54) is 4.90 Å². The Morgan fingerprint density at radius 2 is 1.65 bits per heavy atom. The maximum atomic E-state index is 12.2. The molecule has 2 atom stereocenters. The second-order valence-corrected chi connectivity index (χ2v) is 5.54. The molecule has 0 radical (unpaired) electrons. The second kappa shape index (κ2) is 4.41. The number of nitrogens with zero attached hydrogens (tertiary/aromatic N) is 1. The molecule has 0 aromatic rings. The van der Waals surface area contributed by atoms with E-state index >= 15 is 0 Å². The molecule has 0 aromatic heterocycles. The largest absolute Gasteiger partial charge is 0.324 e. The van der Waals surface area contributed by atoms with E-state index in [0.29, 0.717) is 6.54 Å². The maximum absolute atomic E-state index is 12.2. The summed E-state index contributed by atoms with van der Waals surface area (Å²) in [4.78, 5) is 25.7. The van der Waals surface area contributed by atoms with Crippen molar-refractivity contribution in [3.8, 4) is 0 Å². The molecule has 1 saturated carbocycles. The van der Waals surface area contributed by atoms with Crippen LogP contribution in [0.5, 0.6) is 0 Å². The van der Waals surface area contributed by atoms with Crippen molar-refractivity contribution in [2.45, 2.75) is 51.5 Å². The lowest BCUT2D eigenvalue weighted by atomic mass is 9.90. The van der Waals surface area contributed by atoms with Crippen LogP contribution in [0.25, 0.3) is 0 Å². The van der Waals surface area contributed by atoms with Crippen LogP contribution in [0.3, 0.4) is 0 Å². The van der Waals surface area contributed by atoms with Gasteiger partial charge in [0.1, 0.15) is 0 Å². The van der Waals surface area contributed by atoms with Crippen LogP contribution in [0.1, 0.15) is 46.0 Å². The van der Waals surface area contributed by atoms with E-state index < -0.39 is 5.54 Å². The number of hydrogen-bond donors (Lipinski definition) is 1. The first-order valence-corrected chi connectivity index (χ1v) is 6.65. The number of carbonyl (C=O) groups is 2. The van der Waals surface area contributed by atoms with Crippen molar-refractivity contribution < 1.29 is 9.59 Å². The third-order valence-electron chi connectivity index (χ3n) is 4.54. The fraction of sp³-hybridized carbons (Fsp3) is 0.846. The number of piperidine rings is 1. The molecule has 17 heavy (non-hydrogen) atoms. The average Bonchev–Trinajstić information content (AvgIpc) is 2.79. The van der Waals surface area contributed by atoms with Crippen molar-refractivity contribution in [2.75, 3.05) is 6.54 Å². The summed E-state index contributed by atoms with van der Waals surface area (Å²) in [5.41, 5.74) is 5.80. The summed E-state index contributed by atoms with van der Waals surface area (Å²) in [6.45, 7) is 4.42. The van der Waals surface area contributed by atoms with Gasteiger partial charge in [0, 0.05) is 23.9 Å². The number of likely N-dealkylation sites (tertiary alicyclic amines) is 1. The van der Waals surface area contributed by atoms with E-state index in [9.17, 15) is 9.59 Å². The van der Waals surface area contributed by atoms with Crippen molar-refractivity contribution in [3.05, 3.63) is 0 Å². The minimum absolute atomic E-state index is 0.0143. The maximum Gasteiger partial charge on any atom is 0.232 e. The molecule has 2 rings (SSSR count). The lowest BCUT2D eigenvalue weighted by Gasteiger charge is -2.37. The third kappa shape index (κ3) is 2.10. The van der Waals surface area contributed by atoms with Crippen LogP contribution in [0.4, 0.5) is 0 Å². The van der Waals surface area contributed by atoms with Gasteiger partial charge in [0.05, 0.1) is 0 Å². The Morgan fingerprint density at radius 1 is 1.18 bits per heavy atom. The third-order valence-corrected chi connectivity index (χ3v) is 4.54. The number of fused-ring (bicyclic) bond motifs is 2. The highest BCUT2D eigenvalue weighted by atomic mass is 16.2. The topological polar surface area (TPSA) is 63.4 Å². The monoisotopic (exact) mass is 238 g/mol. The SMILES string of the molecule is CCC(N)(CC)CN1C(=O)C2CCC(C2)C1=O. The van der Waals surface area contributed by atoms with Gasteiger partial charge < -0.3 is 5.73 Å². The lowest BCUT2D eigenvalue weighted by Crippen LogP contribution is -2.56. The standard InChI is InChI=1S/C13H22N2O2/c1-3-13(14,4-2)8-15-11(16)9-5-6-10(7-9)12(15)17/h9-10H,3-8,14H2,1-2H3. The summed E-state index contributed by atoms with van der Waals surface area (Å²) in [5, 5.41) is 0. The summed E-state index contributed by atoms with van der Waals surface area (Å²) in [7, 11) is 0. The molecule has 2 aliphatic rings. The average molecular weight is 238 g/mol. The molecule has 2 amide bonds. The van der Waals surface area contributed by atoms with Gasteiger partial charge in [-0.15, -0.1) is 0 Å². The summed E-state index contributed by atoms with van der Waals surface area (Å²) in [6, 6.07) is 0. The highest BCUT2D eigenvalue weighted by Gasteiger charge is 2.46. The van der Waals surface area contributed by atoms with E-state index in [4.69, 9.17) is 5.73 Å². The Morgan fingerprint density at radius 3 is 2.06 bits per heavy atom. The summed E-state index contributed by atoms with van der Waals surface area (Å²) in [5.74, 6) is 0.187. The zero-order chi connectivity index (χ0) is 12.6. The van der Waals surface area contributed by atoms with Gasteiger partial charge in [-0.1, -0.05) is 13.8 Å². The minimum Gasteiger partial charge on any atom is -0.324 e. The molecular formula is C13H22N2O2. The number of nitrogens with two attached hydrogens (primary N) is 1. The van der Waals surface area contributed by atoms with Gasteiger partial charge in [0.25, 0.3) is 0 Å². The fourth-order valence-corrected chi connectivity index (χ4v) is 2.92. The quantitative estimate of drug-likeness (QED) is 0.751. The molecule has 0 aromatic carbocycles. The number of carbonyl (C=O) groups excluding carboxylic acids is 2. The van der Waals surface area contributed by atoms with Gasteiger partial charge in [-0.25, -0.2) is 0 Å². The van der Waals surface area contributed by atoms with Crippen molar-refractivity contribution in [2.24, 2.45) is 17.6 Å². The Kier molecular flexibility index (Phi) is 3.25. The van der Waals surface area contributed by atoms with Gasteiger partial charge in [-0.05, 0) is 32.1 Å². The normalized spacial score (nSPS) is 29.0. The van der Waals surface area contributed by atoms with Gasteiger partial charge >= 0.3 is 0 Å². The molecule has 4 heteroatoms. The van der Waals surface area contributed by atoms with Gasteiger partial charge in [0.2, 0.25) is 11.8 Å². The molecule has 0 spiro atoms. The molecule has 1 saturated heterocycles. The van der Waals surface area contributed by atoms with Crippen LogP contribution in [0.15, 0.2) is 0 Å². The van der Waals surface area contributed by atoms with Gasteiger partial charge in [-0.3, -0.25) is 14.5 Å². The molecule has 2 unspecified atom stereocenters. The predicted molar refractivity (Wildman–Crippen MR) is 65.1 cm³/mol. The molecular weight excluding hydrogens is 216 g/mol. The zero-order valence-corrected chi connectivity index (χ0v) is 10.7. The molecule has 2 bridgehead atoms. The zero-order valence-electron chi connectivity index (χ0n) is 10.7. The van der Waals surface area contributed by atoms with Crippen LogP contribution in [0.2, 0.25) is 0 Å². The highest BCUT2D eigenvalue weighted by Crippen LogP contribution is 2.38. The van der Waals surface area contributed by atoms with E-state index in [-0.39, 0.29) is 23.7 Å². The molecule has 4 nitrogen and oxygen atoms in total. The Balaban J connectivity index is 2.15. The van der Waals surface area contributed by atoms with Crippen molar-refractivity contribution in [1.82, 2.24) is 4.90 Å². The Bertz CT molecular complexity index is 314. The number of hydrogen-bond acceptors (Lipinski definition) is 3. The summed E-state index contributed by atoms with van der Waals surface area (Å²) in [6.07, 6.45) is 4.10. The number of amides is 2.